The molecule has 1 fully saturated rings. The minimum Gasteiger partial charge on any atom is -0.340 e. The molecule has 4 rings (SSSR count). The molecule has 3 aromatic heterocycles. The molecule has 1 aliphatic heterocycles. The normalized spacial score (nSPS) is 17.0. The highest BCUT2D eigenvalue weighted by molar-refractivity contribution is 5.63. The van der Waals surface area contributed by atoms with Crippen molar-refractivity contribution < 1.29 is 26.3 Å². The Morgan fingerprint density at radius 2 is 1.78 bits per heavy atom. The first-order valence-electron chi connectivity index (χ1n) is 10.8. The zero-order valence-corrected chi connectivity index (χ0v) is 18.8. The van der Waals surface area contributed by atoms with Gasteiger partial charge in [-0.2, -0.15) is 41.3 Å². The Bertz CT molecular complexity index is 1240. The van der Waals surface area contributed by atoms with Crippen LogP contribution in [0.15, 0.2) is 41.5 Å². The van der Waals surface area contributed by atoms with Crippen molar-refractivity contribution in [3.8, 4) is 11.5 Å². The summed E-state index contributed by atoms with van der Waals surface area (Å²) < 4.78 is 78.9. The van der Waals surface area contributed by atoms with E-state index in [1.807, 2.05) is 4.90 Å². The number of nitrogens with one attached hydrogen (secondary N) is 1. The van der Waals surface area contributed by atoms with Gasteiger partial charge in [0, 0.05) is 44.2 Å². The summed E-state index contributed by atoms with van der Waals surface area (Å²) >= 11 is 0. The Morgan fingerprint density at radius 3 is 2.50 bits per heavy atom. The van der Waals surface area contributed by atoms with Gasteiger partial charge in [-0.3, -0.25) is 4.98 Å². The van der Waals surface area contributed by atoms with Crippen LogP contribution in [0.1, 0.15) is 24.2 Å². The highest BCUT2D eigenvalue weighted by atomic mass is 19.4. The van der Waals surface area contributed by atoms with Crippen LogP contribution in [0.5, 0.6) is 0 Å². The van der Waals surface area contributed by atoms with Gasteiger partial charge in [0.1, 0.15) is 17.1 Å². The number of halogens is 6. The molecule has 1 unspecified atom stereocenters. The SMILES string of the molecule is C/N=C/C1CCCN(c2nc(Nc3ccnc(C(F)(F)F)c3)nc(-c3cccc(C(F)(F)F)n3)n2)C1. The minimum atomic E-state index is -4.68. The highest BCUT2D eigenvalue weighted by Gasteiger charge is 2.34. The molecule has 190 valence electrons. The lowest BCUT2D eigenvalue weighted by molar-refractivity contribution is -0.141. The third kappa shape index (κ3) is 6.04. The van der Waals surface area contributed by atoms with Gasteiger partial charge in [-0.1, -0.05) is 6.07 Å². The first-order chi connectivity index (χ1) is 17.0. The summed E-state index contributed by atoms with van der Waals surface area (Å²) in [5.74, 6) is -0.0487. The monoisotopic (exact) mass is 510 g/mol. The van der Waals surface area contributed by atoms with Crippen molar-refractivity contribution >= 4 is 23.8 Å². The molecule has 0 radical (unpaired) electrons. The fourth-order valence-electron chi connectivity index (χ4n) is 3.71. The molecule has 0 saturated carbocycles. The standard InChI is InChI=1S/C22H20F6N8/c1-29-11-13-4-3-9-36(12-13)20-34-18(15-5-2-6-16(32-15)21(23,24)25)33-19(35-20)31-14-7-8-30-17(10-14)22(26,27)28/h2,5-8,10-11,13H,3-4,9,12H2,1H3,(H,30,31,33,34,35)/b29-11+. The number of alkyl halides is 6. The average Bonchev–Trinajstić information content (AvgIpc) is 2.83. The van der Waals surface area contributed by atoms with E-state index < -0.39 is 23.7 Å². The summed E-state index contributed by atoms with van der Waals surface area (Å²) in [5, 5.41) is 2.68. The quantitative estimate of drug-likeness (QED) is 0.380. The number of hydrogen-bond acceptors (Lipinski definition) is 8. The van der Waals surface area contributed by atoms with E-state index in [1.165, 1.54) is 18.2 Å². The van der Waals surface area contributed by atoms with Crippen LogP contribution in [0.4, 0.5) is 43.9 Å². The van der Waals surface area contributed by atoms with Crippen LogP contribution in [0.25, 0.3) is 11.5 Å². The Balaban J connectivity index is 1.75. The molecular formula is C22H20F6N8. The second-order valence-electron chi connectivity index (χ2n) is 8.00. The number of hydrogen-bond donors (Lipinski definition) is 1. The van der Waals surface area contributed by atoms with Gasteiger partial charge in [-0.15, -0.1) is 0 Å². The Morgan fingerprint density at radius 1 is 1.00 bits per heavy atom. The van der Waals surface area contributed by atoms with E-state index in [4.69, 9.17) is 0 Å². The van der Waals surface area contributed by atoms with E-state index in [9.17, 15) is 26.3 Å². The first kappa shape index (κ1) is 25.3. The van der Waals surface area contributed by atoms with Crippen LogP contribution in [0, 0.1) is 5.92 Å². The van der Waals surface area contributed by atoms with E-state index in [1.54, 1.807) is 13.3 Å². The van der Waals surface area contributed by atoms with Crippen molar-refractivity contribution in [2.24, 2.45) is 10.9 Å². The largest absolute Gasteiger partial charge is 0.433 e. The van der Waals surface area contributed by atoms with Gasteiger partial charge >= 0.3 is 12.4 Å². The number of aliphatic imine (C=N–C) groups is 1. The Labute approximate surface area is 201 Å². The number of nitrogens with zero attached hydrogens (tertiary/aromatic N) is 7. The van der Waals surface area contributed by atoms with Gasteiger partial charge in [-0.25, -0.2) is 4.98 Å². The van der Waals surface area contributed by atoms with Crippen molar-refractivity contribution in [3.05, 3.63) is 47.9 Å². The molecule has 0 aliphatic carbocycles. The van der Waals surface area contributed by atoms with Crippen LogP contribution in [0.3, 0.4) is 0 Å². The van der Waals surface area contributed by atoms with Crippen molar-refractivity contribution in [1.82, 2.24) is 24.9 Å². The predicted molar refractivity (Wildman–Crippen MR) is 120 cm³/mol. The van der Waals surface area contributed by atoms with Gasteiger partial charge in [0.05, 0.1) is 0 Å². The summed E-state index contributed by atoms with van der Waals surface area (Å²) in [4.78, 5) is 25.6. The third-order valence-corrected chi connectivity index (χ3v) is 5.30. The molecule has 36 heavy (non-hydrogen) atoms. The van der Waals surface area contributed by atoms with Gasteiger partial charge in [-0.05, 0) is 37.1 Å². The van der Waals surface area contributed by atoms with Gasteiger partial charge in [0.25, 0.3) is 0 Å². The second-order valence-corrected chi connectivity index (χ2v) is 8.00. The van der Waals surface area contributed by atoms with Crippen LogP contribution in [-0.2, 0) is 12.4 Å². The molecule has 1 aliphatic rings. The predicted octanol–water partition coefficient (Wildman–Crippen LogP) is 5.03. The topological polar surface area (TPSA) is 92.1 Å². The third-order valence-electron chi connectivity index (χ3n) is 5.30. The van der Waals surface area contributed by atoms with Crippen LogP contribution in [0.2, 0.25) is 0 Å². The number of pyridine rings is 2. The van der Waals surface area contributed by atoms with E-state index in [-0.39, 0.29) is 35.0 Å². The van der Waals surface area contributed by atoms with Crippen molar-refractivity contribution in [1.29, 1.82) is 0 Å². The number of anilines is 3. The lowest BCUT2D eigenvalue weighted by Crippen LogP contribution is -2.37. The maximum Gasteiger partial charge on any atom is 0.433 e. The molecule has 0 aromatic carbocycles. The Kier molecular flexibility index (Phi) is 7.04. The zero-order chi connectivity index (χ0) is 25.9. The van der Waals surface area contributed by atoms with E-state index in [0.717, 1.165) is 31.2 Å². The molecule has 3 aromatic rings. The number of aromatic nitrogens is 5. The summed E-state index contributed by atoms with van der Waals surface area (Å²) in [7, 11) is 1.66. The minimum absolute atomic E-state index is 0.00735. The van der Waals surface area contributed by atoms with Gasteiger partial charge < -0.3 is 15.2 Å². The summed E-state index contributed by atoms with van der Waals surface area (Å²) in [5.41, 5.74) is -2.42. The molecule has 14 heteroatoms. The molecule has 0 amide bonds. The van der Waals surface area contributed by atoms with Gasteiger partial charge in [0.15, 0.2) is 5.82 Å². The first-order valence-corrected chi connectivity index (χ1v) is 10.8. The van der Waals surface area contributed by atoms with Crippen LogP contribution < -0.4 is 10.2 Å². The van der Waals surface area contributed by atoms with Crippen molar-refractivity contribution in [2.75, 3.05) is 30.4 Å². The summed E-state index contributed by atoms with van der Waals surface area (Å²) in [6.45, 7) is 1.07. The lowest BCUT2D eigenvalue weighted by atomic mass is 10.00. The molecule has 4 heterocycles. The average molecular weight is 510 g/mol. The molecule has 1 atom stereocenters. The lowest BCUT2D eigenvalue weighted by Gasteiger charge is -2.31. The Hall–Kier alpha value is -3.84. The number of rotatable bonds is 5. The van der Waals surface area contributed by atoms with E-state index in [2.05, 4.69) is 35.2 Å². The maximum absolute atomic E-state index is 13.2. The molecular weight excluding hydrogens is 490 g/mol. The summed E-state index contributed by atoms with van der Waals surface area (Å²) in [6, 6.07) is 5.37. The van der Waals surface area contributed by atoms with E-state index in [0.29, 0.717) is 13.1 Å². The molecule has 0 spiro atoms. The molecule has 0 bridgehead atoms. The fraction of sp³-hybridized carbons (Fsp3) is 0.364. The molecule has 8 nitrogen and oxygen atoms in total. The zero-order valence-electron chi connectivity index (χ0n) is 18.8. The van der Waals surface area contributed by atoms with Crippen molar-refractivity contribution in [2.45, 2.75) is 25.2 Å². The van der Waals surface area contributed by atoms with Gasteiger partial charge in [0.2, 0.25) is 11.9 Å². The molecule has 1 saturated heterocycles. The second kappa shape index (κ2) is 10.0. The van der Waals surface area contributed by atoms with E-state index >= 15 is 0 Å². The smallest absolute Gasteiger partial charge is 0.340 e. The number of piperidine rings is 1. The van der Waals surface area contributed by atoms with Crippen LogP contribution in [-0.4, -0.2) is 51.3 Å². The maximum atomic E-state index is 13.2. The molecule has 1 N–H and O–H groups in total. The van der Waals surface area contributed by atoms with Crippen molar-refractivity contribution in [3.63, 3.8) is 0 Å². The van der Waals surface area contributed by atoms with Crippen LogP contribution >= 0.6 is 0 Å². The fourth-order valence-corrected chi connectivity index (χ4v) is 3.71. The summed E-state index contributed by atoms with van der Waals surface area (Å²) in [6.07, 6.45) is -4.89. The highest BCUT2D eigenvalue weighted by Crippen LogP contribution is 2.31.